The Morgan fingerprint density at radius 1 is 1.00 bits per heavy atom. The molecule has 2 aliphatic rings. The molecule has 0 saturated heterocycles. The van der Waals surface area contributed by atoms with E-state index in [4.69, 9.17) is 10.8 Å². The average Bonchev–Trinajstić information content (AvgIpc) is 2.84. The molecule has 0 aromatic rings. The third-order valence-electron chi connectivity index (χ3n) is 5.59. The predicted octanol–water partition coefficient (Wildman–Crippen LogP) is 3.25. The minimum Gasteiger partial charge on any atom is -0.312 e. The first-order valence-corrected chi connectivity index (χ1v) is 7.45. The molecule has 18 heavy (non-hydrogen) atoms. The first kappa shape index (κ1) is 13.9. The van der Waals surface area contributed by atoms with Crippen LogP contribution in [0.4, 0.5) is 0 Å². The van der Waals surface area contributed by atoms with Gasteiger partial charge in [-0.15, -0.1) is 0 Å². The number of nitrogens with one attached hydrogen (secondary N) is 1. The molecule has 3 nitrogen and oxygen atoms in total. The zero-order valence-electron chi connectivity index (χ0n) is 12.4. The second kappa shape index (κ2) is 4.84. The minimum atomic E-state index is 0.308. The molecule has 0 radical (unpaired) electrons. The summed E-state index contributed by atoms with van der Waals surface area (Å²) in [6.45, 7) is 9.27. The number of nitrogens with two attached hydrogens (primary N) is 1. The quantitative estimate of drug-likeness (QED) is 0.260. The first-order valence-electron chi connectivity index (χ1n) is 7.45. The fourth-order valence-electron chi connectivity index (χ4n) is 3.66. The Balaban J connectivity index is 2.09. The molecule has 0 bridgehead atoms. The second-order valence-electron chi connectivity index (χ2n) is 7.18. The maximum Gasteiger partial charge on any atom is 0.115 e. The molecule has 2 rings (SSSR count). The van der Waals surface area contributed by atoms with Gasteiger partial charge < -0.3 is 5.43 Å². The molecule has 2 fully saturated rings. The Bertz CT molecular complexity index is 309. The second-order valence-corrected chi connectivity index (χ2v) is 7.18. The monoisotopic (exact) mass is 251 g/mol. The standard InChI is InChI=1S/C15H29N3/c1-14(2)12(15(14,3)4)13(18-16)17-11-9-7-5-6-8-10-11/h11-12H,5-10,16H2,1-4H3,(H,17,18). The SMILES string of the molecule is CC1(C)C(C(=NC2CCCCCC2)NN)C1(C)C. The average molecular weight is 251 g/mol. The molecule has 0 atom stereocenters. The van der Waals surface area contributed by atoms with E-state index in [0.717, 1.165) is 5.84 Å². The van der Waals surface area contributed by atoms with Crippen LogP contribution in [0.3, 0.4) is 0 Å². The Labute approximate surface area is 112 Å². The van der Waals surface area contributed by atoms with Crippen molar-refractivity contribution < 1.29 is 0 Å². The van der Waals surface area contributed by atoms with E-state index in [9.17, 15) is 0 Å². The van der Waals surface area contributed by atoms with Crippen LogP contribution in [0.5, 0.6) is 0 Å². The van der Waals surface area contributed by atoms with Gasteiger partial charge in [-0.1, -0.05) is 53.4 Å². The number of hydrazine groups is 1. The van der Waals surface area contributed by atoms with Crippen molar-refractivity contribution in [2.75, 3.05) is 0 Å². The summed E-state index contributed by atoms with van der Waals surface area (Å²) in [7, 11) is 0. The summed E-state index contributed by atoms with van der Waals surface area (Å²) in [4.78, 5) is 4.95. The fraction of sp³-hybridized carbons (Fsp3) is 0.933. The molecule has 3 heteroatoms. The normalized spacial score (nSPS) is 28.8. The summed E-state index contributed by atoms with van der Waals surface area (Å²) in [5, 5.41) is 0. The van der Waals surface area contributed by atoms with Crippen LogP contribution in [0.2, 0.25) is 0 Å². The van der Waals surface area contributed by atoms with Gasteiger partial charge in [0.05, 0.1) is 6.04 Å². The van der Waals surface area contributed by atoms with Crippen LogP contribution in [0.1, 0.15) is 66.2 Å². The van der Waals surface area contributed by atoms with Crippen LogP contribution in [-0.4, -0.2) is 11.9 Å². The van der Waals surface area contributed by atoms with Crippen LogP contribution in [-0.2, 0) is 0 Å². The molecule has 2 saturated carbocycles. The van der Waals surface area contributed by atoms with E-state index in [0.29, 0.717) is 22.8 Å². The van der Waals surface area contributed by atoms with E-state index in [1.165, 1.54) is 38.5 Å². The summed E-state index contributed by atoms with van der Waals surface area (Å²) in [6, 6.07) is 0.491. The third-order valence-corrected chi connectivity index (χ3v) is 5.59. The van der Waals surface area contributed by atoms with Crippen molar-refractivity contribution in [2.45, 2.75) is 72.3 Å². The number of rotatable bonds is 2. The van der Waals surface area contributed by atoms with Crippen molar-refractivity contribution in [1.82, 2.24) is 5.43 Å². The largest absolute Gasteiger partial charge is 0.312 e. The molecule has 0 unspecified atom stereocenters. The molecule has 0 aromatic heterocycles. The number of aliphatic imine (C=N–C) groups is 1. The molecule has 104 valence electrons. The van der Waals surface area contributed by atoms with E-state index < -0.39 is 0 Å². The Morgan fingerprint density at radius 2 is 1.50 bits per heavy atom. The van der Waals surface area contributed by atoms with Gasteiger partial charge in [0.15, 0.2) is 0 Å². The van der Waals surface area contributed by atoms with E-state index in [1.807, 2.05) is 0 Å². The lowest BCUT2D eigenvalue weighted by atomic mass is 10.0. The van der Waals surface area contributed by atoms with Crippen molar-refractivity contribution in [3.63, 3.8) is 0 Å². The van der Waals surface area contributed by atoms with Gasteiger partial charge in [0, 0.05) is 5.92 Å². The summed E-state index contributed by atoms with van der Waals surface area (Å²) in [6.07, 6.45) is 7.86. The molecule has 0 aliphatic heterocycles. The summed E-state index contributed by atoms with van der Waals surface area (Å²) in [5.74, 6) is 7.25. The van der Waals surface area contributed by atoms with E-state index >= 15 is 0 Å². The van der Waals surface area contributed by atoms with Gasteiger partial charge in [-0.3, -0.25) is 4.99 Å². The maximum absolute atomic E-state index is 5.73. The summed E-state index contributed by atoms with van der Waals surface area (Å²) >= 11 is 0. The smallest absolute Gasteiger partial charge is 0.115 e. The Kier molecular flexibility index (Phi) is 3.72. The van der Waals surface area contributed by atoms with E-state index in [2.05, 4.69) is 33.1 Å². The van der Waals surface area contributed by atoms with Crippen LogP contribution in [0.25, 0.3) is 0 Å². The van der Waals surface area contributed by atoms with E-state index in [-0.39, 0.29) is 0 Å². The predicted molar refractivity (Wildman–Crippen MR) is 77.3 cm³/mol. The molecule has 0 amide bonds. The van der Waals surface area contributed by atoms with Gasteiger partial charge in [0.1, 0.15) is 5.84 Å². The number of hydrogen-bond acceptors (Lipinski definition) is 2. The van der Waals surface area contributed by atoms with Crippen molar-refractivity contribution in [1.29, 1.82) is 0 Å². The fourth-order valence-corrected chi connectivity index (χ4v) is 3.66. The lowest BCUT2D eigenvalue weighted by Gasteiger charge is -2.14. The molecule has 0 spiro atoms. The highest BCUT2D eigenvalue weighted by Crippen LogP contribution is 2.68. The Morgan fingerprint density at radius 3 is 1.89 bits per heavy atom. The molecular weight excluding hydrogens is 222 g/mol. The lowest BCUT2D eigenvalue weighted by molar-refractivity contribution is 0.457. The zero-order valence-corrected chi connectivity index (χ0v) is 12.4. The van der Waals surface area contributed by atoms with Crippen LogP contribution >= 0.6 is 0 Å². The van der Waals surface area contributed by atoms with Crippen molar-refractivity contribution in [2.24, 2.45) is 27.6 Å². The molecule has 3 N–H and O–H groups in total. The topological polar surface area (TPSA) is 50.4 Å². The van der Waals surface area contributed by atoms with E-state index in [1.54, 1.807) is 0 Å². The highest BCUT2D eigenvalue weighted by atomic mass is 15.3. The van der Waals surface area contributed by atoms with Gasteiger partial charge >= 0.3 is 0 Å². The first-order chi connectivity index (χ1) is 8.41. The highest BCUT2D eigenvalue weighted by molar-refractivity contribution is 5.89. The van der Waals surface area contributed by atoms with Crippen LogP contribution < -0.4 is 11.3 Å². The van der Waals surface area contributed by atoms with Gasteiger partial charge in [-0.2, -0.15) is 0 Å². The Hall–Kier alpha value is -0.570. The van der Waals surface area contributed by atoms with Crippen LogP contribution in [0.15, 0.2) is 4.99 Å². The summed E-state index contributed by atoms with van der Waals surface area (Å²) in [5.41, 5.74) is 3.51. The number of amidine groups is 1. The van der Waals surface area contributed by atoms with Gasteiger partial charge in [0.25, 0.3) is 0 Å². The maximum atomic E-state index is 5.73. The third kappa shape index (κ3) is 2.29. The molecular formula is C15H29N3. The van der Waals surface area contributed by atoms with Crippen molar-refractivity contribution in [3.8, 4) is 0 Å². The zero-order chi connectivity index (χ0) is 13.4. The molecule has 2 aliphatic carbocycles. The molecule has 0 heterocycles. The number of hydrogen-bond donors (Lipinski definition) is 2. The van der Waals surface area contributed by atoms with Gasteiger partial charge in [-0.05, 0) is 23.7 Å². The van der Waals surface area contributed by atoms with Crippen molar-refractivity contribution in [3.05, 3.63) is 0 Å². The number of nitrogens with zero attached hydrogens (tertiary/aromatic N) is 1. The van der Waals surface area contributed by atoms with Crippen molar-refractivity contribution >= 4 is 5.84 Å². The van der Waals surface area contributed by atoms with Gasteiger partial charge in [0.2, 0.25) is 0 Å². The van der Waals surface area contributed by atoms with Gasteiger partial charge in [-0.25, -0.2) is 5.84 Å². The lowest BCUT2D eigenvalue weighted by Crippen LogP contribution is -2.35. The highest BCUT2D eigenvalue weighted by Gasteiger charge is 2.66. The van der Waals surface area contributed by atoms with Crippen LogP contribution in [0, 0.1) is 16.7 Å². The minimum absolute atomic E-state index is 0.308. The summed E-state index contributed by atoms with van der Waals surface area (Å²) < 4.78 is 0. The molecule has 0 aromatic carbocycles.